The summed E-state index contributed by atoms with van der Waals surface area (Å²) in [4.78, 5) is 17.2. The standard InChI is InChI=1S/C24H31N3O4S/c1-31-22-13-12-19(18-23(22)32(29,30)25-20-8-4-2-5-9-20)24(28)27-16-14-26(15-17-27)21-10-6-3-7-11-21/h3,6-7,10-13,18,20,25H,2,4-5,8-9,14-17H2,1H3. The van der Waals surface area contributed by atoms with E-state index in [0.717, 1.165) is 50.9 Å². The van der Waals surface area contributed by atoms with Crippen LogP contribution in [0.1, 0.15) is 42.5 Å². The molecular weight excluding hydrogens is 426 g/mol. The van der Waals surface area contributed by atoms with E-state index in [1.807, 2.05) is 18.2 Å². The molecule has 0 bridgehead atoms. The van der Waals surface area contributed by atoms with Crippen molar-refractivity contribution in [1.29, 1.82) is 0 Å². The minimum atomic E-state index is -3.79. The van der Waals surface area contributed by atoms with Crippen LogP contribution in [-0.4, -0.2) is 58.6 Å². The van der Waals surface area contributed by atoms with Gasteiger partial charge in [-0.05, 0) is 43.2 Å². The highest BCUT2D eigenvalue weighted by atomic mass is 32.2. The predicted octanol–water partition coefficient (Wildman–Crippen LogP) is 3.27. The zero-order valence-corrected chi connectivity index (χ0v) is 19.3. The van der Waals surface area contributed by atoms with Gasteiger partial charge in [0.15, 0.2) is 0 Å². The number of hydrogen-bond donors (Lipinski definition) is 1. The normalized spacial score (nSPS) is 17.9. The summed E-state index contributed by atoms with van der Waals surface area (Å²) in [6.07, 6.45) is 4.87. The van der Waals surface area contributed by atoms with Gasteiger partial charge in [-0.25, -0.2) is 13.1 Å². The van der Waals surface area contributed by atoms with Crippen LogP contribution in [0.3, 0.4) is 0 Å². The second-order valence-electron chi connectivity index (χ2n) is 8.44. The van der Waals surface area contributed by atoms with E-state index in [1.54, 1.807) is 17.0 Å². The van der Waals surface area contributed by atoms with Crippen molar-refractivity contribution in [2.75, 3.05) is 38.2 Å². The fraction of sp³-hybridized carbons (Fsp3) is 0.458. The number of amides is 1. The molecule has 1 saturated carbocycles. The molecule has 0 spiro atoms. The molecule has 4 rings (SSSR count). The van der Waals surface area contributed by atoms with Gasteiger partial charge in [-0.2, -0.15) is 0 Å². The molecule has 1 aliphatic carbocycles. The Kier molecular flexibility index (Phi) is 7.01. The molecule has 8 heteroatoms. The fourth-order valence-corrected chi connectivity index (χ4v) is 6.01. The molecule has 2 fully saturated rings. The number of nitrogens with one attached hydrogen (secondary N) is 1. The first kappa shape index (κ1) is 22.6. The van der Waals surface area contributed by atoms with Crippen LogP contribution in [0.4, 0.5) is 5.69 Å². The highest BCUT2D eigenvalue weighted by molar-refractivity contribution is 7.89. The molecular formula is C24H31N3O4S. The fourth-order valence-electron chi connectivity index (χ4n) is 4.51. The summed E-state index contributed by atoms with van der Waals surface area (Å²) < 4.78 is 34.3. The Morgan fingerprint density at radius 3 is 2.31 bits per heavy atom. The van der Waals surface area contributed by atoms with Crippen molar-refractivity contribution >= 4 is 21.6 Å². The number of piperazine rings is 1. The van der Waals surface area contributed by atoms with Gasteiger partial charge in [0.2, 0.25) is 10.0 Å². The van der Waals surface area contributed by atoms with Crippen LogP contribution in [-0.2, 0) is 10.0 Å². The quantitative estimate of drug-likeness (QED) is 0.720. The lowest BCUT2D eigenvalue weighted by molar-refractivity contribution is 0.0746. The molecule has 1 amide bonds. The lowest BCUT2D eigenvalue weighted by atomic mass is 9.96. The van der Waals surface area contributed by atoms with Crippen molar-refractivity contribution in [3.8, 4) is 5.75 Å². The number of carbonyl (C=O) groups excluding carboxylic acids is 1. The van der Waals surface area contributed by atoms with Crippen LogP contribution in [0.15, 0.2) is 53.4 Å². The Bertz CT molecular complexity index is 1030. The summed E-state index contributed by atoms with van der Waals surface area (Å²) in [5, 5.41) is 0. The molecule has 2 aliphatic rings. The van der Waals surface area contributed by atoms with E-state index in [-0.39, 0.29) is 22.6 Å². The van der Waals surface area contributed by atoms with Gasteiger partial charge in [-0.3, -0.25) is 4.79 Å². The van der Waals surface area contributed by atoms with E-state index in [9.17, 15) is 13.2 Å². The average Bonchev–Trinajstić information content (AvgIpc) is 2.84. The van der Waals surface area contributed by atoms with E-state index < -0.39 is 10.0 Å². The third-order valence-electron chi connectivity index (χ3n) is 6.32. The molecule has 172 valence electrons. The van der Waals surface area contributed by atoms with Crippen LogP contribution >= 0.6 is 0 Å². The van der Waals surface area contributed by atoms with Gasteiger partial charge in [0.05, 0.1) is 7.11 Å². The monoisotopic (exact) mass is 457 g/mol. The molecule has 2 aromatic rings. The third kappa shape index (κ3) is 5.07. The molecule has 1 aliphatic heterocycles. The van der Waals surface area contributed by atoms with Crippen molar-refractivity contribution < 1.29 is 17.9 Å². The number of carbonyl (C=O) groups is 1. The Balaban J connectivity index is 1.48. The first-order chi connectivity index (χ1) is 15.5. The van der Waals surface area contributed by atoms with Gasteiger partial charge in [0, 0.05) is 43.5 Å². The predicted molar refractivity (Wildman–Crippen MR) is 125 cm³/mol. The minimum Gasteiger partial charge on any atom is -0.495 e. The number of para-hydroxylation sites is 1. The topological polar surface area (TPSA) is 79.0 Å². The summed E-state index contributed by atoms with van der Waals surface area (Å²) in [5.41, 5.74) is 1.51. The maximum absolute atomic E-state index is 13.2. The van der Waals surface area contributed by atoms with E-state index in [0.29, 0.717) is 18.7 Å². The highest BCUT2D eigenvalue weighted by Gasteiger charge is 2.28. The Morgan fingerprint density at radius 2 is 1.66 bits per heavy atom. The van der Waals surface area contributed by atoms with Gasteiger partial charge in [0.1, 0.15) is 10.6 Å². The van der Waals surface area contributed by atoms with Crippen LogP contribution in [0.5, 0.6) is 5.75 Å². The molecule has 0 aromatic heterocycles. The number of ether oxygens (including phenoxy) is 1. The molecule has 0 unspecified atom stereocenters. The van der Waals surface area contributed by atoms with Crippen molar-refractivity contribution in [2.45, 2.75) is 43.0 Å². The van der Waals surface area contributed by atoms with Gasteiger partial charge in [-0.15, -0.1) is 0 Å². The van der Waals surface area contributed by atoms with E-state index >= 15 is 0 Å². The number of hydrogen-bond acceptors (Lipinski definition) is 5. The molecule has 2 aromatic carbocycles. The van der Waals surface area contributed by atoms with E-state index in [2.05, 4.69) is 21.8 Å². The summed E-state index contributed by atoms with van der Waals surface area (Å²) in [5.74, 6) is 0.0910. The molecule has 7 nitrogen and oxygen atoms in total. The van der Waals surface area contributed by atoms with Crippen molar-refractivity contribution in [3.63, 3.8) is 0 Å². The molecule has 1 heterocycles. The van der Waals surface area contributed by atoms with Crippen LogP contribution < -0.4 is 14.4 Å². The minimum absolute atomic E-state index is 0.0272. The molecule has 0 radical (unpaired) electrons. The molecule has 1 N–H and O–H groups in total. The largest absolute Gasteiger partial charge is 0.495 e. The summed E-state index contributed by atoms with van der Waals surface area (Å²) >= 11 is 0. The summed E-state index contributed by atoms with van der Waals surface area (Å²) in [6.45, 7) is 2.64. The van der Waals surface area contributed by atoms with E-state index in [1.165, 1.54) is 13.2 Å². The van der Waals surface area contributed by atoms with Crippen molar-refractivity contribution in [2.24, 2.45) is 0 Å². The van der Waals surface area contributed by atoms with Gasteiger partial charge in [-0.1, -0.05) is 37.5 Å². The Labute approximate surface area is 190 Å². The summed E-state index contributed by atoms with van der Waals surface area (Å²) in [7, 11) is -2.34. The van der Waals surface area contributed by atoms with Gasteiger partial charge < -0.3 is 14.5 Å². The number of rotatable bonds is 6. The Hall–Kier alpha value is -2.58. The zero-order chi connectivity index (χ0) is 22.6. The maximum atomic E-state index is 13.2. The third-order valence-corrected chi connectivity index (χ3v) is 7.86. The number of benzene rings is 2. The summed E-state index contributed by atoms with van der Waals surface area (Å²) in [6, 6.07) is 14.7. The molecule has 0 atom stereocenters. The Morgan fingerprint density at radius 1 is 0.969 bits per heavy atom. The maximum Gasteiger partial charge on any atom is 0.254 e. The lowest BCUT2D eigenvalue weighted by Crippen LogP contribution is -2.48. The van der Waals surface area contributed by atoms with Crippen LogP contribution in [0.25, 0.3) is 0 Å². The zero-order valence-electron chi connectivity index (χ0n) is 18.5. The SMILES string of the molecule is COc1ccc(C(=O)N2CCN(c3ccccc3)CC2)cc1S(=O)(=O)NC1CCCCC1. The number of sulfonamides is 1. The van der Waals surface area contributed by atoms with Crippen molar-refractivity contribution in [1.82, 2.24) is 9.62 Å². The first-order valence-electron chi connectivity index (χ1n) is 11.3. The second kappa shape index (κ2) is 9.92. The number of anilines is 1. The number of methoxy groups -OCH3 is 1. The number of nitrogens with zero attached hydrogens (tertiary/aromatic N) is 2. The smallest absolute Gasteiger partial charge is 0.254 e. The average molecular weight is 458 g/mol. The first-order valence-corrected chi connectivity index (χ1v) is 12.8. The van der Waals surface area contributed by atoms with Gasteiger partial charge >= 0.3 is 0 Å². The van der Waals surface area contributed by atoms with Crippen molar-refractivity contribution in [3.05, 3.63) is 54.1 Å². The van der Waals surface area contributed by atoms with E-state index in [4.69, 9.17) is 4.74 Å². The lowest BCUT2D eigenvalue weighted by Gasteiger charge is -2.36. The van der Waals surface area contributed by atoms with Crippen LogP contribution in [0, 0.1) is 0 Å². The molecule has 32 heavy (non-hydrogen) atoms. The highest BCUT2D eigenvalue weighted by Crippen LogP contribution is 2.28. The van der Waals surface area contributed by atoms with Gasteiger partial charge in [0.25, 0.3) is 5.91 Å². The molecule has 1 saturated heterocycles. The van der Waals surface area contributed by atoms with Crippen LogP contribution in [0.2, 0.25) is 0 Å². The second-order valence-corrected chi connectivity index (χ2v) is 10.1.